The van der Waals surface area contributed by atoms with Gasteiger partial charge in [-0.1, -0.05) is 31.9 Å². The van der Waals surface area contributed by atoms with Crippen molar-refractivity contribution in [3.05, 3.63) is 86.8 Å². The van der Waals surface area contributed by atoms with Gasteiger partial charge in [0.2, 0.25) is 0 Å². The second kappa shape index (κ2) is 17.1. The van der Waals surface area contributed by atoms with Crippen molar-refractivity contribution in [2.45, 2.75) is 0 Å². The Labute approximate surface area is 213 Å². The molecule has 3 rings (SSSR count). The second-order valence-corrected chi connectivity index (χ2v) is 4.78. The van der Waals surface area contributed by atoms with E-state index in [0.717, 1.165) is 40.0 Å². The molecule has 0 aliphatic rings. The molecule has 154 valence electrons. The van der Waals surface area contributed by atoms with Crippen molar-refractivity contribution < 1.29 is 79.1 Å². The zero-order valence-corrected chi connectivity index (χ0v) is 18.1. The van der Waals surface area contributed by atoms with Crippen LogP contribution in [0.3, 0.4) is 0 Å². The van der Waals surface area contributed by atoms with Crippen LogP contribution in [0.25, 0.3) is 21.8 Å². The minimum Gasteiger partial charge on any atom is -0.545 e. The first kappa shape index (κ1) is 29.5. The van der Waals surface area contributed by atoms with E-state index in [2.05, 4.69) is 47.9 Å². The smallest absolute Gasteiger partial charge is 0.545 e. The Kier molecular flexibility index (Phi) is 16.8. The van der Waals surface area contributed by atoms with Gasteiger partial charge in [-0.05, 0) is 42.5 Å². The third-order valence-corrected chi connectivity index (χ3v) is 2.85. The molecule has 0 N–H and O–H groups in total. The number of aliphatic carboxylic acids is 3. The van der Waals surface area contributed by atoms with E-state index in [1.165, 1.54) is 0 Å². The molecule has 0 spiro atoms. The van der Waals surface area contributed by atoms with Gasteiger partial charge in [-0.3, -0.25) is 9.97 Å². The van der Waals surface area contributed by atoms with E-state index >= 15 is 0 Å². The maximum atomic E-state index is 9.14. The molecule has 2 aromatic heterocycles. The summed E-state index contributed by atoms with van der Waals surface area (Å²) < 4.78 is 0. The first-order valence-electron chi connectivity index (χ1n) is 7.85. The molecule has 0 saturated carbocycles. The Bertz CT molecular complexity index is 923. The van der Waals surface area contributed by atoms with Crippen molar-refractivity contribution in [3.8, 4) is 0 Å². The summed E-state index contributed by atoms with van der Waals surface area (Å²) in [5.74, 6) is -3.69. The zero-order chi connectivity index (χ0) is 22.2. The van der Waals surface area contributed by atoms with Gasteiger partial charge in [0.25, 0.3) is 0 Å². The number of aromatic nitrogens is 2. The summed E-state index contributed by atoms with van der Waals surface area (Å²) in [6.07, 6.45) is 5.78. The van der Waals surface area contributed by atoms with Crippen LogP contribution in [0.5, 0.6) is 0 Å². The van der Waals surface area contributed by atoms with Crippen LogP contribution in [0, 0.1) is 49.4 Å². The number of benzene rings is 1. The molecule has 9 heteroatoms. The largest absolute Gasteiger partial charge is 3.00 e. The number of carbonyl (C=O) groups excluding carboxylic acids is 3. The number of hydrogen-bond donors (Lipinski definition) is 0. The molecule has 0 bridgehead atoms. The fraction of sp³-hybridized carbons (Fsp3) is 0. The molecule has 0 radical (unpaired) electrons. The SMILES string of the molecule is C=CC(=O)[O-].C=CC(=O)[O-].C=CC(=O)[O-].[Eu+3].c1cnc2c(c1)ccc1ncccc12. The Morgan fingerprint density at radius 1 is 0.733 bits per heavy atom. The van der Waals surface area contributed by atoms with Crippen LogP contribution in [0.1, 0.15) is 0 Å². The number of hydrogen-bond acceptors (Lipinski definition) is 8. The van der Waals surface area contributed by atoms with Gasteiger partial charge in [0.1, 0.15) is 0 Å². The van der Waals surface area contributed by atoms with Crippen LogP contribution in [0.2, 0.25) is 0 Å². The number of nitrogens with zero attached hydrogens (tertiary/aromatic N) is 2. The van der Waals surface area contributed by atoms with Gasteiger partial charge >= 0.3 is 49.4 Å². The number of carboxylic acids is 3. The summed E-state index contributed by atoms with van der Waals surface area (Å²) in [5, 5.41) is 29.7. The first-order valence-corrected chi connectivity index (χ1v) is 7.85. The van der Waals surface area contributed by atoms with E-state index < -0.39 is 17.9 Å². The van der Waals surface area contributed by atoms with E-state index in [1.54, 1.807) is 6.20 Å². The summed E-state index contributed by atoms with van der Waals surface area (Å²) >= 11 is 0. The Balaban J connectivity index is 0. The average Bonchev–Trinajstić information content (AvgIpc) is 2.74. The molecule has 0 fully saturated rings. The fourth-order valence-electron chi connectivity index (χ4n) is 1.70. The molecular formula is C21H17EuN2O6. The molecule has 0 saturated heterocycles. The van der Waals surface area contributed by atoms with Crippen LogP contribution in [0.15, 0.2) is 86.8 Å². The van der Waals surface area contributed by atoms with E-state index in [-0.39, 0.29) is 49.4 Å². The Morgan fingerprint density at radius 2 is 1.17 bits per heavy atom. The summed E-state index contributed by atoms with van der Waals surface area (Å²) in [5.41, 5.74) is 2.02. The van der Waals surface area contributed by atoms with Crippen LogP contribution in [0.4, 0.5) is 0 Å². The van der Waals surface area contributed by atoms with Crippen LogP contribution >= 0.6 is 0 Å². The molecule has 2 heterocycles. The molecule has 0 atom stereocenters. The normalized spacial score (nSPS) is 8.27. The van der Waals surface area contributed by atoms with Gasteiger partial charge in [0, 0.05) is 23.2 Å². The third-order valence-electron chi connectivity index (χ3n) is 2.85. The summed E-state index contributed by atoms with van der Waals surface area (Å²) in [7, 11) is 0. The Morgan fingerprint density at radius 3 is 1.63 bits per heavy atom. The monoisotopic (exact) mass is 546 g/mol. The maximum absolute atomic E-state index is 9.14. The summed E-state index contributed by atoms with van der Waals surface area (Å²) in [6.45, 7) is 8.69. The minimum absolute atomic E-state index is 0. The van der Waals surface area contributed by atoms with Crippen molar-refractivity contribution in [3.63, 3.8) is 0 Å². The van der Waals surface area contributed by atoms with Crippen molar-refractivity contribution in [1.29, 1.82) is 0 Å². The van der Waals surface area contributed by atoms with Crippen molar-refractivity contribution >= 4 is 39.7 Å². The van der Waals surface area contributed by atoms with Gasteiger partial charge in [-0.15, -0.1) is 0 Å². The van der Waals surface area contributed by atoms with Gasteiger partial charge < -0.3 is 29.7 Å². The number of carbonyl (C=O) groups is 3. The van der Waals surface area contributed by atoms with Gasteiger partial charge in [-0.2, -0.15) is 0 Å². The molecule has 0 aliphatic heterocycles. The predicted molar refractivity (Wildman–Crippen MR) is 103 cm³/mol. The fourth-order valence-corrected chi connectivity index (χ4v) is 1.70. The molecular weight excluding hydrogens is 528 g/mol. The van der Waals surface area contributed by atoms with E-state index in [0.29, 0.717) is 0 Å². The van der Waals surface area contributed by atoms with Crippen molar-refractivity contribution in [1.82, 2.24) is 9.97 Å². The number of rotatable bonds is 3. The van der Waals surface area contributed by atoms with Crippen LogP contribution in [-0.4, -0.2) is 27.9 Å². The second-order valence-electron chi connectivity index (χ2n) is 4.78. The van der Waals surface area contributed by atoms with Gasteiger partial charge in [0.05, 0.1) is 28.9 Å². The van der Waals surface area contributed by atoms with E-state index in [1.807, 2.05) is 24.4 Å². The quantitative estimate of drug-likeness (QED) is 0.318. The summed E-state index contributed by atoms with van der Waals surface area (Å²) in [4.78, 5) is 36.1. The Hall–Kier alpha value is -2.75. The standard InChI is InChI=1S/C12H8N2.3C3H4O2.Eu/c1-3-9-5-6-11-10(4-2-7-13-11)12(9)14-8-1;3*1-2-3(4)5;/h1-8H;3*2H,1H2,(H,4,5);/q;;;;+3/p-3. The number of pyridine rings is 2. The van der Waals surface area contributed by atoms with E-state index in [4.69, 9.17) is 29.7 Å². The van der Waals surface area contributed by atoms with Crippen LogP contribution < -0.4 is 15.3 Å². The molecule has 3 aromatic rings. The molecule has 30 heavy (non-hydrogen) atoms. The van der Waals surface area contributed by atoms with Crippen LogP contribution in [-0.2, 0) is 14.4 Å². The average molecular weight is 545 g/mol. The molecule has 0 aliphatic carbocycles. The predicted octanol–water partition coefficient (Wildman–Crippen LogP) is -0.450. The number of fused-ring (bicyclic) bond motifs is 3. The molecule has 0 amide bonds. The van der Waals surface area contributed by atoms with Gasteiger partial charge in [-0.25, -0.2) is 0 Å². The van der Waals surface area contributed by atoms with Crippen molar-refractivity contribution in [2.24, 2.45) is 0 Å². The maximum Gasteiger partial charge on any atom is 3.00 e. The first-order chi connectivity index (χ1) is 13.8. The summed E-state index contributed by atoms with van der Waals surface area (Å²) in [6, 6.07) is 12.1. The molecule has 1 aromatic carbocycles. The minimum atomic E-state index is -1.23. The molecule has 0 unspecified atom stereocenters. The zero-order valence-electron chi connectivity index (χ0n) is 15.7. The van der Waals surface area contributed by atoms with Crippen molar-refractivity contribution in [2.75, 3.05) is 0 Å². The molecule has 8 nitrogen and oxygen atoms in total. The van der Waals surface area contributed by atoms with Gasteiger partial charge in [0.15, 0.2) is 0 Å². The topological polar surface area (TPSA) is 146 Å². The number of carboxylic acid groups (broad SMARTS) is 3. The van der Waals surface area contributed by atoms with E-state index in [9.17, 15) is 0 Å². The third kappa shape index (κ3) is 12.7.